The minimum atomic E-state index is 0.675. The van der Waals surface area contributed by atoms with Gasteiger partial charge in [0.05, 0.1) is 27.9 Å². The van der Waals surface area contributed by atoms with Crippen LogP contribution in [0, 0.1) is 11.8 Å². The Kier molecular flexibility index (Phi) is 10.5. The molecule has 184 valence electrons. The number of methoxy groups -OCH3 is 3. The molecule has 0 heterocycles. The highest BCUT2D eigenvalue weighted by molar-refractivity contribution is 5.47. The van der Waals surface area contributed by atoms with Crippen molar-refractivity contribution in [3.8, 4) is 29.1 Å². The average Bonchev–Trinajstić information content (AvgIpc) is 2.90. The predicted molar refractivity (Wildman–Crippen MR) is 140 cm³/mol. The Labute approximate surface area is 209 Å². The molecule has 0 spiro atoms. The predicted octanol–water partition coefficient (Wildman–Crippen LogP) is 5.54. The summed E-state index contributed by atoms with van der Waals surface area (Å²) in [4.78, 5) is 5.90. The molecule has 3 rings (SSSR count). The van der Waals surface area contributed by atoms with Crippen molar-refractivity contribution in [2.24, 2.45) is 0 Å². The van der Waals surface area contributed by atoms with Crippen LogP contribution in [0.4, 0.5) is 0 Å². The number of hydroxylamine groups is 2. The van der Waals surface area contributed by atoms with E-state index in [9.17, 15) is 0 Å². The van der Waals surface area contributed by atoms with Gasteiger partial charge in [-0.25, -0.2) is 0 Å². The van der Waals surface area contributed by atoms with E-state index in [-0.39, 0.29) is 0 Å². The van der Waals surface area contributed by atoms with Crippen molar-refractivity contribution in [2.45, 2.75) is 25.7 Å². The molecule has 0 bridgehead atoms. The molecule has 5 heteroatoms. The molecule has 3 aromatic carbocycles. The number of rotatable bonds is 12. The van der Waals surface area contributed by atoms with Crippen LogP contribution in [0.5, 0.6) is 17.2 Å². The summed E-state index contributed by atoms with van der Waals surface area (Å²) in [7, 11) is 6.97. The lowest BCUT2D eigenvalue weighted by atomic mass is 10.0. The largest absolute Gasteiger partial charge is 0.497 e. The Bertz CT molecular complexity index is 1120. The third kappa shape index (κ3) is 8.36. The van der Waals surface area contributed by atoms with Crippen LogP contribution in [-0.2, 0) is 17.7 Å². The smallest absolute Gasteiger partial charge is 0.160 e. The summed E-state index contributed by atoms with van der Waals surface area (Å²) in [6.07, 6.45) is 3.80. The summed E-state index contributed by atoms with van der Waals surface area (Å²) in [5.41, 5.74) is 4.51. The number of hydrogen-bond donors (Lipinski definition) is 0. The molecule has 0 saturated heterocycles. The van der Waals surface area contributed by atoms with E-state index in [2.05, 4.69) is 36.1 Å². The highest BCUT2D eigenvalue weighted by Gasteiger charge is 2.06. The van der Waals surface area contributed by atoms with Gasteiger partial charge >= 0.3 is 0 Å². The number of ether oxygens (including phenoxy) is 3. The van der Waals surface area contributed by atoms with Crippen molar-refractivity contribution >= 4 is 0 Å². The van der Waals surface area contributed by atoms with E-state index in [1.54, 1.807) is 21.3 Å². The Balaban J connectivity index is 1.41. The zero-order valence-corrected chi connectivity index (χ0v) is 21.2. The van der Waals surface area contributed by atoms with Gasteiger partial charge in [0, 0.05) is 24.7 Å². The lowest BCUT2D eigenvalue weighted by molar-refractivity contribution is -0.140. The van der Waals surface area contributed by atoms with Crippen molar-refractivity contribution in [2.75, 3.05) is 41.5 Å². The third-order valence-corrected chi connectivity index (χ3v) is 5.74. The number of aryl methyl sites for hydroxylation is 2. The molecule has 5 nitrogen and oxygen atoms in total. The third-order valence-electron chi connectivity index (χ3n) is 5.74. The SMILES string of the molecule is COc1ccc(C#Cc2ccccc2CCCN(C)OCCCc2ccc(OC)c(OC)c2)cc1. The van der Waals surface area contributed by atoms with Crippen LogP contribution in [-0.4, -0.2) is 46.6 Å². The van der Waals surface area contributed by atoms with Crippen molar-refractivity contribution < 1.29 is 19.0 Å². The van der Waals surface area contributed by atoms with Crippen molar-refractivity contribution in [3.63, 3.8) is 0 Å². The quantitative estimate of drug-likeness (QED) is 0.196. The first-order valence-electron chi connectivity index (χ1n) is 11.9. The summed E-state index contributed by atoms with van der Waals surface area (Å²) in [6, 6.07) is 22.2. The molecule has 0 radical (unpaired) electrons. The maximum Gasteiger partial charge on any atom is 0.160 e. The van der Waals surface area contributed by atoms with Gasteiger partial charge in [-0.2, -0.15) is 5.06 Å². The molecule has 0 aliphatic rings. The number of benzene rings is 3. The van der Waals surface area contributed by atoms with Gasteiger partial charge in [0.1, 0.15) is 5.75 Å². The van der Waals surface area contributed by atoms with Crippen LogP contribution in [0.1, 0.15) is 35.1 Å². The summed E-state index contributed by atoms with van der Waals surface area (Å²) < 4.78 is 15.9. The molecule has 0 aliphatic heterocycles. The van der Waals surface area contributed by atoms with Crippen molar-refractivity contribution in [3.05, 3.63) is 89.0 Å². The summed E-state index contributed by atoms with van der Waals surface area (Å²) >= 11 is 0. The second kappa shape index (κ2) is 14.1. The molecule has 0 saturated carbocycles. The van der Waals surface area contributed by atoms with E-state index in [1.807, 2.05) is 54.6 Å². The van der Waals surface area contributed by atoms with Crippen LogP contribution in [0.2, 0.25) is 0 Å². The summed E-state index contributed by atoms with van der Waals surface area (Å²) in [6.45, 7) is 1.53. The molecule has 0 atom stereocenters. The maximum atomic E-state index is 5.90. The molecule has 3 aromatic rings. The molecule has 0 fully saturated rings. The Morgan fingerprint density at radius 3 is 2.26 bits per heavy atom. The molecule has 0 amide bonds. The van der Waals surface area contributed by atoms with Crippen molar-refractivity contribution in [1.29, 1.82) is 0 Å². The van der Waals surface area contributed by atoms with E-state index in [1.165, 1.54) is 11.1 Å². The normalized spacial score (nSPS) is 10.5. The molecular formula is C30H35NO4. The first-order chi connectivity index (χ1) is 17.1. The van der Waals surface area contributed by atoms with Crippen LogP contribution in [0.25, 0.3) is 0 Å². The monoisotopic (exact) mass is 473 g/mol. The second-order valence-corrected chi connectivity index (χ2v) is 8.22. The molecule has 0 unspecified atom stereocenters. The van der Waals surface area contributed by atoms with Crippen LogP contribution < -0.4 is 14.2 Å². The number of nitrogens with zero attached hydrogens (tertiary/aromatic N) is 1. The fourth-order valence-electron chi connectivity index (χ4n) is 3.76. The van der Waals surface area contributed by atoms with Gasteiger partial charge in [-0.3, -0.25) is 4.84 Å². The Morgan fingerprint density at radius 1 is 0.743 bits per heavy atom. The van der Waals surface area contributed by atoms with Gasteiger partial charge < -0.3 is 14.2 Å². The maximum absolute atomic E-state index is 5.90. The highest BCUT2D eigenvalue weighted by atomic mass is 16.7. The van der Waals surface area contributed by atoms with Crippen LogP contribution >= 0.6 is 0 Å². The zero-order chi connectivity index (χ0) is 24.9. The van der Waals surface area contributed by atoms with Gasteiger partial charge in [0.25, 0.3) is 0 Å². The topological polar surface area (TPSA) is 40.2 Å². The van der Waals surface area contributed by atoms with E-state index < -0.39 is 0 Å². The molecule has 0 aromatic heterocycles. The van der Waals surface area contributed by atoms with E-state index in [0.29, 0.717) is 6.61 Å². The number of hydrogen-bond acceptors (Lipinski definition) is 5. The average molecular weight is 474 g/mol. The molecular weight excluding hydrogens is 438 g/mol. The van der Waals surface area contributed by atoms with Gasteiger partial charge in [0.2, 0.25) is 0 Å². The minimum absolute atomic E-state index is 0.675. The van der Waals surface area contributed by atoms with Gasteiger partial charge in [0.15, 0.2) is 11.5 Å². The van der Waals surface area contributed by atoms with E-state index in [4.69, 9.17) is 19.0 Å². The first-order valence-corrected chi connectivity index (χ1v) is 11.9. The lowest BCUT2D eigenvalue weighted by Gasteiger charge is -2.17. The second-order valence-electron chi connectivity index (χ2n) is 8.22. The summed E-state index contributed by atoms with van der Waals surface area (Å²) in [5, 5.41) is 1.93. The molecule has 35 heavy (non-hydrogen) atoms. The lowest BCUT2D eigenvalue weighted by Crippen LogP contribution is -2.21. The fourth-order valence-corrected chi connectivity index (χ4v) is 3.76. The summed E-state index contributed by atoms with van der Waals surface area (Å²) in [5.74, 6) is 8.93. The standard InChI is InChI=1S/C30H35NO4/c1-31(35-22-8-9-25-16-20-29(33-3)30(23-25)34-4)21-7-12-26-10-5-6-11-27(26)17-13-24-14-18-28(32-2)19-15-24/h5-6,10-11,14-16,18-20,23H,7-9,12,21-22H2,1-4H3. The van der Waals surface area contributed by atoms with Gasteiger partial charge in [-0.1, -0.05) is 36.1 Å². The van der Waals surface area contributed by atoms with Crippen LogP contribution in [0.3, 0.4) is 0 Å². The molecule has 0 aliphatic carbocycles. The van der Waals surface area contributed by atoms with Crippen LogP contribution in [0.15, 0.2) is 66.7 Å². The van der Waals surface area contributed by atoms with Crippen molar-refractivity contribution in [1.82, 2.24) is 5.06 Å². The highest BCUT2D eigenvalue weighted by Crippen LogP contribution is 2.28. The zero-order valence-electron chi connectivity index (χ0n) is 21.2. The Morgan fingerprint density at radius 2 is 1.51 bits per heavy atom. The fraction of sp³-hybridized carbons (Fsp3) is 0.333. The Hall–Kier alpha value is -3.46. The first kappa shape index (κ1) is 26.2. The molecule has 0 N–H and O–H groups in total. The van der Waals surface area contributed by atoms with Gasteiger partial charge in [-0.15, -0.1) is 0 Å². The van der Waals surface area contributed by atoms with E-state index >= 15 is 0 Å². The van der Waals surface area contributed by atoms with E-state index in [0.717, 1.165) is 60.6 Å². The van der Waals surface area contributed by atoms with Gasteiger partial charge in [-0.05, 0) is 79.3 Å². The minimum Gasteiger partial charge on any atom is -0.497 e.